The number of anilines is 4. The summed E-state index contributed by atoms with van der Waals surface area (Å²) in [5, 5.41) is 25.2. The van der Waals surface area contributed by atoms with Crippen molar-refractivity contribution in [2.24, 2.45) is 20.5 Å². The zero-order valence-corrected chi connectivity index (χ0v) is 32.3. The van der Waals surface area contributed by atoms with E-state index in [1.165, 1.54) is 0 Å². The van der Waals surface area contributed by atoms with Crippen LogP contribution in [0.3, 0.4) is 0 Å². The molecule has 8 rings (SSSR count). The van der Waals surface area contributed by atoms with Crippen molar-refractivity contribution in [3.8, 4) is 11.4 Å². The van der Waals surface area contributed by atoms with E-state index < -0.39 is 0 Å². The molecule has 0 spiro atoms. The molecule has 0 saturated heterocycles. The second-order valence-electron chi connectivity index (χ2n) is 13.9. The summed E-state index contributed by atoms with van der Waals surface area (Å²) in [6.07, 6.45) is 16.7. The lowest BCUT2D eigenvalue weighted by Crippen LogP contribution is -2.34. The molecule has 10 nitrogen and oxygen atoms in total. The number of aromatic nitrogens is 4. The highest BCUT2D eigenvalue weighted by atomic mass is 15.2. The Bertz CT molecular complexity index is 2340. The molecule has 0 fully saturated rings. The van der Waals surface area contributed by atoms with Crippen molar-refractivity contribution in [2.75, 3.05) is 10.6 Å². The average molecular weight is 763 g/mol. The number of aryl methyl sites for hydroxylation is 2. The Morgan fingerprint density at radius 2 is 0.724 bits per heavy atom. The second kappa shape index (κ2) is 18.9. The first-order chi connectivity index (χ1) is 28.7. The van der Waals surface area contributed by atoms with Crippen molar-refractivity contribution >= 4 is 45.8 Å². The molecule has 0 aliphatic carbocycles. The van der Waals surface area contributed by atoms with Gasteiger partial charge in [-0.1, -0.05) is 12.1 Å². The number of nitrogens with zero attached hydrogens (tertiary/aromatic N) is 8. The molecule has 10 heteroatoms. The van der Waals surface area contributed by atoms with Crippen LogP contribution < -0.4 is 19.8 Å². The third kappa shape index (κ3) is 10.2. The molecular weight excluding hydrogens is 717 g/mol. The highest BCUT2D eigenvalue weighted by molar-refractivity contribution is 5.64. The van der Waals surface area contributed by atoms with Crippen LogP contribution in [0.15, 0.2) is 215 Å². The summed E-state index contributed by atoms with van der Waals surface area (Å²) in [7, 11) is 0. The molecule has 4 heterocycles. The Balaban J connectivity index is 0.770. The number of hydrogen-bond acceptors (Lipinski definition) is 6. The topological polar surface area (TPSA) is 91.1 Å². The van der Waals surface area contributed by atoms with Gasteiger partial charge in [-0.15, -0.1) is 0 Å². The molecule has 286 valence electrons. The van der Waals surface area contributed by atoms with Crippen LogP contribution in [0.2, 0.25) is 0 Å². The highest BCUT2D eigenvalue weighted by Crippen LogP contribution is 2.25. The summed E-state index contributed by atoms with van der Waals surface area (Å²) in [4.78, 5) is 0. The van der Waals surface area contributed by atoms with E-state index in [1.54, 1.807) is 0 Å². The number of benzene rings is 4. The van der Waals surface area contributed by atoms with Crippen molar-refractivity contribution in [2.45, 2.75) is 38.8 Å². The summed E-state index contributed by atoms with van der Waals surface area (Å²) in [6.45, 7) is 1.77. The molecule has 4 aromatic carbocycles. The number of pyridine rings is 2. The molecule has 0 aliphatic heterocycles. The van der Waals surface area contributed by atoms with Crippen LogP contribution >= 0.6 is 0 Å². The van der Waals surface area contributed by atoms with Gasteiger partial charge < -0.3 is 19.8 Å². The number of nitrogens with one attached hydrogen (secondary N) is 2. The predicted octanol–water partition coefficient (Wildman–Crippen LogP) is 12.4. The maximum atomic E-state index is 4.60. The van der Waals surface area contributed by atoms with Gasteiger partial charge in [0.2, 0.25) is 0 Å². The average Bonchev–Trinajstić information content (AvgIpc) is 4.02. The minimum atomic E-state index is 0.804. The highest BCUT2D eigenvalue weighted by Gasteiger charge is 2.11. The SMILES string of the molecule is c1cc[n+](CCCCCC[n+]2ccccc2N=Nc2ccc(Nc3ccc(-n4cccc4)cc3)cc2)c(N=Nc2ccc(Nc3ccc(-n4cccc4)cc3)cc2)c1. The van der Waals surface area contributed by atoms with Crippen LogP contribution in [0.25, 0.3) is 11.4 Å². The van der Waals surface area contributed by atoms with Crippen LogP contribution in [0, 0.1) is 0 Å². The lowest BCUT2D eigenvalue weighted by atomic mass is 10.2. The normalized spacial score (nSPS) is 11.4. The van der Waals surface area contributed by atoms with Gasteiger partial charge >= 0.3 is 11.6 Å². The van der Waals surface area contributed by atoms with Gasteiger partial charge in [-0.3, -0.25) is 0 Å². The van der Waals surface area contributed by atoms with E-state index in [4.69, 9.17) is 0 Å². The molecule has 0 saturated carbocycles. The monoisotopic (exact) mass is 762 g/mol. The Hall–Kier alpha value is -7.46. The standard InChI is InChI=1S/C48H44N10/c1(5-35-57-37-7-3-13-47(57)53-51-43-19-15-39(16-20-43)49-41-23-27-45(28-24-41)55-31-9-10-32-55)2-6-36-58-38-8-4-14-48(58)54-52-44-21-17-40(18-22-44)50-42-25-29-46(30-26-42)56-33-11-12-34-56/h3-4,7-34,37-38H,1-2,5-6,35-36H2/p+2. The van der Waals surface area contributed by atoms with Crippen LogP contribution in [-0.4, -0.2) is 9.13 Å². The zero-order valence-electron chi connectivity index (χ0n) is 32.3. The molecule has 0 amide bonds. The lowest BCUT2D eigenvalue weighted by Gasteiger charge is -2.08. The second-order valence-corrected chi connectivity index (χ2v) is 13.9. The van der Waals surface area contributed by atoms with Crippen molar-refractivity contribution in [3.05, 3.63) is 195 Å². The van der Waals surface area contributed by atoms with Gasteiger partial charge in [0.15, 0.2) is 0 Å². The van der Waals surface area contributed by atoms with Crippen LogP contribution in [0.4, 0.5) is 45.8 Å². The van der Waals surface area contributed by atoms with Crippen LogP contribution in [-0.2, 0) is 13.1 Å². The summed E-state index contributed by atoms with van der Waals surface area (Å²) < 4.78 is 8.52. The fourth-order valence-electron chi connectivity index (χ4n) is 6.63. The first kappa shape index (κ1) is 37.5. The van der Waals surface area contributed by atoms with E-state index in [0.717, 1.165) is 95.9 Å². The van der Waals surface area contributed by atoms with Gasteiger partial charge in [0.05, 0.1) is 35.7 Å². The first-order valence-electron chi connectivity index (χ1n) is 19.7. The number of hydrogen-bond donors (Lipinski definition) is 2. The number of azo groups is 2. The van der Waals surface area contributed by atoms with Crippen molar-refractivity contribution in [1.82, 2.24) is 9.13 Å². The Morgan fingerprint density at radius 1 is 0.362 bits per heavy atom. The number of rotatable bonds is 17. The quantitative estimate of drug-likeness (QED) is 0.0549. The number of unbranched alkanes of at least 4 members (excludes halogenated alkanes) is 3. The van der Waals surface area contributed by atoms with Crippen molar-refractivity contribution in [1.29, 1.82) is 0 Å². The van der Waals surface area contributed by atoms with Gasteiger partial charge in [0.1, 0.15) is 11.4 Å². The molecule has 0 atom stereocenters. The first-order valence-corrected chi connectivity index (χ1v) is 19.7. The molecule has 4 aromatic heterocycles. The lowest BCUT2D eigenvalue weighted by molar-refractivity contribution is -0.686. The largest absolute Gasteiger partial charge is 0.356 e. The van der Waals surface area contributed by atoms with E-state index in [0.29, 0.717) is 0 Å². The van der Waals surface area contributed by atoms with Crippen LogP contribution in [0.5, 0.6) is 0 Å². The van der Waals surface area contributed by atoms with E-state index in [1.807, 2.05) is 134 Å². The van der Waals surface area contributed by atoms with Gasteiger partial charge in [-0.05, 0) is 169 Å². The Morgan fingerprint density at radius 3 is 1.10 bits per heavy atom. The fraction of sp³-hybridized carbons (Fsp3) is 0.125. The molecular formula is C48H46N10+2. The summed E-state index contributed by atoms with van der Waals surface area (Å²) in [5.74, 6) is 1.68. The Labute approximate surface area is 339 Å². The molecule has 0 unspecified atom stereocenters. The molecule has 8 aromatic rings. The van der Waals surface area contributed by atoms with Crippen molar-refractivity contribution in [3.63, 3.8) is 0 Å². The minimum absolute atomic E-state index is 0.804. The fourth-order valence-corrected chi connectivity index (χ4v) is 6.63. The maximum absolute atomic E-state index is 4.60. The zero-order chi connectivity index (χ0) is 39.2. The van der Waals surface area contributed by atoms with E-state index >= 15 is 0 Å². The molecule has 0 radical (unpaired) electrons. The van der Waals surface area contributed by atoms with E-state index in [-0.39, 0.29) is 0 Å². The predicted molar refractivity (Wildman–Crippen MR) is 231 cm³/mol. The summed E-state index contributed by atoms with van der Waals surface area (Å²) in [6, 6.07) is 52.9. The third-order valence-electron chi connectivity index (χ3n) is 9.77. The summed E-state index contributed by atoms with van der Waals surface area (Å²) in [5.41, 5.74) is 7.91. The smallest absolute Gasteiger partial charge is 0.350 e. The Kier molecular flexibility index (Phi) is 12.2. The molecule has 0 aliphatic rings. The van der Waals surface area contributed by atoms with E-state index in [2.05, 4.69) is 110 Å². The minimum Gasteiger partial charge on any atom is -0.356 e. The summed E-state index contributed by atoms with van der Waals surface area (Å²) >= 11 is 0. The van der Waals surface area contributed by atoms with Crippen LogP contribution in [0.1, 0.15) is 25.7 Å². The maximum Gasteiger partial charge on any atom is 0.350 e. The van der Waals surface area contributed by atoms with Gasteiger partial charge in [-0.2, -0.15) is 0 Å². The van der Waals surface area contributed by atoms with Gasteiger partial charge in [-0.25, -0.2) is 9.13 Å². The van der Waals surface area contributed by atoms with E-state index in [9.17, 15) is 0 Å². The third-order valence-corrected chi connectivity index (χ3v) is 9.77. The molecule has 58 heavy (non-hydrogen) atoms. The van der Waals surface area contributed by atoms with Crippen molar-refractivity contribution < 1.29 is 9.13 Å². The van der Waals surface area contributed by atoms with Gasteiger partial charge in [0, 0.05) is 71.0 Å². The van der Waals surface area contributed by atoms with Gasteiger partial charge in [0.25, 0.3) is 0 Å². The molecule has 2 N–H and O–H groups in total. The molecule has 0 bridgehead atoms.